The summed E-state index contributed by atoms with van der Waals surface area (Å²) < 4.78 is 1.81. The monoisotopic (exact) mass is 269 g/mol. The Morgan fingerprint density at radius 3 is 2.45 bits per heavy atom. The number of hydrogen-bond donors (Lipinski definition) is 1. The molecule has 0 aromatic carbocycles. The van der Waals surface area contributed by atoms with Crippen molar-refractivity contribution in [3.63, 3.8) is 0 Å². The molecule has 0 saturated carbocycles. The van der Waals surface area contributed by atoms with Crippen LogP contribution in [0.3, 0.4) is 0 Å². The van der Waals surface area contributed by atoms with Crippen LogP contribution in [0.5, 0.6) is 0 Å². The predicted octanol–water partition coefficient (Wildman–Crippen LogP) is -2.12. The van der Waals surface area contributed by atoms with E-state index in [9.17, 15) is 0 Å². The van der Waals surface area contributed by atoms with E-state index in [1.807, 2.05) is 0 Å². The van der Waals surface area contributed by atoms with Gasteiger partial charge >= 0.3 is 81.5 Å². The average Bonchev–Trinajstić information content (AvgIpc) is 1.98. The van der Waals surface area contributed by atoms with Crippen molar-refractivity contribution in [2.24, 2.45) is 0 Å². The van der Waals surface area contributed by atoms with E-state index >= 15 is 0 Å². The van der Waals surface area contributed by atoms with Crippen molar-refractivity contribution >= 4 is 0 Å². The van der Waals surface area contributed by atoms with Gasteiger partial charge in [0.25, 0.3) is 0 Å². The van der Waals surface area contributed by atoms with Gasteiger partial charge in [-0.2, -0.15) is 0 Å². The van der Waals surface area contributed by atoms with Crippen molar-refractivity contribution < 1.29 is 24.6 Å². The normalized spacial score (nSPS) is 13.1. The SMILES string of the molecule is CC[NH+](CCC=C(C)C)[I-]C. The zero-order valence-corrected chi connectivity index (χ0v) is 10.2. The molecule has 0 saturated heterocycles. The molecule has 0 aromatic heterocycles. The number of allylic oxidation sites excluding steroid dienone is 1. The third kappa shape index (κ3) is 6.81. The Morgan fingerprint density at radius 1 is 1.45 bits per heavy atom. The first-order chi connectivity index (χ1) is 5.20. The minimum atomic E-state index is 0.396. The van der Waals surface area contributed by atoms with E-state index in [0.717, 1.165) is 0 Å². The fourth-order valence-corrected chi connectivity index (χ4v) is 2.54. The summed E-state index contributed by atoms with van der Waals surface area (Å²) in [5.74, 6) is 0. The maximum atomic E-state index is 2.36. The van der Waals surface area contributed by atoms with Gasteiger partial charge in [0, 0.05) is 0 Å². The summed E-state index contributed by atoms with van der Waals surface area (Å²) in [4.78, 5) is 2.36. The molecule has 1 nitrogen and oxygen atoms in total. The van der Waals surface area contributed by atoms with E-state index in [0.29, 0.717) is 21.5 Å². The van der Waals surface area contributed by atoms with E-state index < -0.39 is 0 Å². The number of halogens is 1. The molecule has 11 heavy (non-hydrogen) atoms. The predicted molar refractivity (Wildman–Crippen MR) is 46.3 cm³/mol. The van der Waals surface area contributed by atoms with Crippen LogP contribution >= 0.6 is 0 Å². The van der Waals surface area contributed by atoms with E-state index in [1.165, 1.54) is 25.1 Å². The molecule has 0 bridgehead atoms. The van der Waals surface area contributed by atoms with Gasteiger partial charge in [-0.3, -0.25) is 0 Å². The molecule has 0 aromatic rings. The van der Waals surface area contributed by atoms with Crippen LogP contribution in [-0.2, 0) is 0 Å². The summed E-state index contributed by atoms with van der Waals surface area (Å²) >= 11 is 0.396. The van der Waals surface area contributed by atoms with E-state index in [4.69, 9.17) is 0 Å². The molecule has 1 atom stereocenters. The Balaban J connectivity index is 3.43. The molecular formula is C9H20IN. The van der Waals surface area contributed by atoms with Crippen LogP contribution in [0.2, 0.25) is 0 Å². The zero-order chi connectivity index (χ0) is 8.69. The first-order valence-electron chi connectivity index (χ1n) is 4.18. The molecule has 68 valence electrons. The van der Waals surface area contributed by atoms with Crippen LogP contribution < -0.4 is 24.6 Å². The first kappa shape index (κ1) is 11.4. The van der Waals surface area contributed by atoms with Crippen molar-refractivity contribution in [2.75, 3.05) is 18.0 Å². The molecule has 0 amide bonds. The van der Waals surface area contributed by atoms with Gasteiger partial charge in [0.05, 0.1) is 0 Å². The number of rotatable bonds is 5. The topological polar surface area (TPSA) is 4.44 Å². The average molecular weight is 269 g/mol. The zero-order valence-electron chi connectivity index (χ0n) is 8.08. The van der Waals surface area contributed by atoms with Gasteiger partial charge in [-0.15, -0.1) is 0 Å². The van der Waals surface area contributed by atoms with Crippen LogP contribution in [0.1, 0.15) is 27.2 Å². The third-order valence-electron chi connectivity index (χ3n) is 1.62. The van der Waals surface area contributed by atoms with Crippen molar-refractivity contribution in [3.05, 3.63) is 11.6 Å². The van der Waals surface area contributed by atoms with Crippen LogP contribution in [0.25, 0.3) is 0 Å². The van der Waals surface area contributed by atoms with Gasteiger partial charge in [0.15, 0.2) is 0 Å². The van der Waals surface area contributed by atoms with Crippen molar-refractivity contribution in [2.45, 2.75) is 27.2 Å². The Morgan fingerprint density at radius 2 is 2.09 bits per heavy atom. The minimum absolute atomic E-state index is 0.396. The van der Waals surface area contributed by atoms with Gasteiger partial charge in [-0.05, 0) is 0 Å². The van der Waals surface area contributed by atoms with Gasteiger partial charge in [-0.25, -0.2) is 0 Å². The number of nitrogens with one attached hydrogen (secondary N) is 1. The second-order valence-corrected chi connectivity index (χ2v) is 5.48. The second-order valence-electron chi connectivity index (χ2n) is 2.88. The van der Waals surface area contributed by atoms with Crippen LogP contribution in [0, 0.1) is 0 Å². The molecular weight excluding hydrogens is 249 g/mol. The van der Waals surface area contributed by atoms with Crippen molar-refractivity contribution in [1.82, 2.24) is 0 Å². The van der Waals surface area contributed by atoms with Gasteiger partial charge < -0.3 is 0 Å². The fraction of sp³-hybridized carbons (Fsp3) is 0.778. The summed E-state index contributed by atoms with van der Waals surface area (Å²) in [6, 6.07) is 0. The number of alkyl halides is 1. The second kappa shape index (κ2) is 7.10. The molecule has 0 spiro atoms. The van der Waals surface area contributed by atoms with Crippen molar-refractivity contribution in [3.8, 4) is 0 Å². The van der Waals surface area contributed by atoms with E-state index in [1.54, 1.807) is 3.11 Å². The molecule has 2 heteroatoms. The molecule has 1 N–H and O–H groups in total. The summed E-state index contributed by atoms with van der Waals surface area (Å²) in [6.07, 6.45) is 3.61. The Bertz CT molecular complexity index is 113. The molecule has 0 aliphatic carbocycles. The van der Waals surface area contributed by atoms with E-state index in [2.05, 4.69) is 31.8 Å². The van der Waals surface area contributed by atoms with Gasteiger partial charge in [0.2, 0.25) is 0 Å². The maximum absolute atomic E-state index is 2.36. The molecule has 0 aliphatic rings. The summed E-state index contributed by atoms with van der Waals surface area (Å²) in [5.41, 5.74) is 1.45. The number of hydrogen-bond acceptors (Lipinski definition) is 0. The summed E-state index contributed by atoms with van der Waals surface area (Å²) in [7, 11) is 0. The van der Waals surface area contributed by atoms with Crippen molar-refractivity contribution in [1.29, 1.82) is 0 Å². The third-order valence-corrected chi connectivity index (χ3v) is 4.45. The molecule has 0 radical (unpaired) electrons. The fourth-order valence-electron chi connectivity index (χ4n) is 0.922. The molecule has 1 unspecified atom stereocenters. The van der Waals surface area contributed by atoms with Crippen LogP contribution in [-0.4, -0.2) is 18.0 Å². The Hall–Kier alpha value is 0.430. The quantitative estimate of drug-likeness (QED) is 0.252. The first-order valence-corrected chi connectivity index (χ1v) is 7.41. The Kier molecular flexibility index (Phi) is 7.38. The molecule has 0 fully saturated rings. The molecule has 0 rings (SSSR count). The molecule has 0 heterocycles. The number of quaternary nitrogens is 1. The van der Waals surface area contributed by atoms with E-state index in [-0.39, 0.29) is 0 Å². The van der Waals surface area contributed by atoms with Crippen LogP contribution in [0.4, 0.5) is 0 Å². The van der Waals surface area contributed by atoms with Crippen LogP contribution in [0.15, 0.2) is 11.6 Å². The summed E-state index contributed by atoms with van der Waals surface area (Å²) in [6.45, 7) is 9.27. The van der Waals surface area contributed by atoms with Gasteiger partial charge in [-0.1, -0.05) is 0 Å². The standard InChI is InChI=1S/C9H20IN/c1-5-11(10-4)8-6-7-9(2)3/h7,11H,5-6,8H2,1-4H3. The Labute approximate surface area is 81.5 Å². The molecule has 0 aliphatic heterocycles. The van der Waals surface area contributed by atoms with Gasteiger partial charge in [0.1, 0.15) is 0 Å². The summed E-state index contributed by atoms with van der Waals surface area (Å²) in [5, 5.41) is 0.